The minimum atomic E-state index is -0.254. The summed E-state index contributed by atoms with van der Waals surface area (Å²) in [5.74, 6) is 2.00. The number of nitrogens with one attached hydrogen (secondary N) is 2. The lowest BCUT2D eigenvalue weighted by Crippen LogP contribution is -2.48. The Labute approximate surface area is 160 Å². The lowest BCUT2D eigenvalue weighted by molar-refractivity contribution is -0.131. The molecule has 4 saturated carbocycles. The molecule has 4 bridgehead atoms. The Morgan fingerprint density at radius 1 is 0.963 bits per heavy atom. The maximum Gasteiger partial charge on any atom is 0.239 e. The van der Waals surface area contributed by atoms with Crippen molar-refractivity contribution in [2.75, 3.05) is 13.1 Å². The second-order valence-corrected chi connectivity index (χ2v) is 9.06. The maximum atomic E-state index is 13.6. The summed E-state index contributed by atoms with van der Waals surface area (Å²) in [5.41, 5.74) is 0.781. The molecule has 5 heteroatoms. The minimum absolute atomic E-state index is 0.00111. The Bertz CT molecular complexity index is 683. The summed E-state index contributed by atoms with van der Waals surface area (Å²) < 4.78 is 13.6. The topological polar surface area (TPSA) is 58.2 Å². The van der Waals surface area contributed by atoms with Crippen LogP contribution in [0.1, 0.15) is 50.5 Å². The van der Waals surface area contributed by atoms with Gasteiger partial charge in [-0.25, -0.2) is 4.39 Å². The molecule has 4 aliphatic rings. The zero-order chi connectivity index (χ0) is 18.9. The standard InChI is InChI=1S/C22H29FN2O2/c23-19-4-2-1-3-18(19)5-6-24-21(27)14-25-20(26)13-22-10-15-7-16(11-22)9-17(8-15)12-22/h1-4,15-17H,5-14H2,(H,24,27)(H,25,26). The highest BCUT2D eigenvalue weighted by atomic mass is 19.1. The predicted octanol–water partition coefficient (Wildman–Crippen LogP) is 3.21. The molecule has 0 aliphatic heterocycles. The van der Waals surface area contributed by atoms with Crippen molar-refractivity contribution in [2.24, 2.45) is 23.2 Å². The molecule has 4 aliphatic carbocycles. The average Bonchev–Trinajstić information content (AvgIpc) is 2.60. The normalized spacial score (nSPS) is 30.9. The fourth-order valence-electron chi connectivity index (χ4n) is 6.19. The van der Waals surface area contributed by atoms with E-state index in [1.165, 1.54) is 44.6 Å². The molecule has 27 heavy (non-hydrogen) atoms. The van der Waals surface area contributed by atoms with Crippen molar-refractivity contribution in [3.05, 3.63) is 35.6 Å². The van der Waals surface area contributed by atoms with Crippen LogP contribution in [0.2, 0.25) is 0 Å². The minimum Gasteiger partial charge on any atom is -0.354 e. The molecule has 2 amide bonds. The van der Waals surface area contributed by atoms with Gasteiger partial charge < -0.3 is 10.6 Å². The van der Waals surface area contributed by atoms with Crippen molar-refractivity contribution >= 4 is 11.8 Å². The van der Waals surface area contributed by atoms with Crippen LogP contribution in [0.4, 0.5) is 4.39 Å². The Balaban J connectivity index is 1.18. The van der Waals surface area contributed by atoms with Gasteiger partial charge >= 0.3 is 0 Å². The molecule has 4 nitrogen and oxygen atoms in total. The molecular formula is C22H29FN2O2. The quantitative estimate of drug-likeness (QED) is 0.772. The number of carbonyl (C=O) groups is 2. The molecule has 0 atom stereocenters. The van der Waals surface area contributed by atoms with E-state index in [1.54, 1.807) is 18.2 Å². The fourth-order valence-corrected chi connectivity index (χ4v) is 6.19. The number of hydrogen-bond donors (Lipinski definition) is 2. The highest BCUT2D eigenvalue weighted by molar-refractivity contribution is 5.84. The average molecular weight is 372 g/mol. The van der Waals surface area contributed by atoms with E-state index in [0.29, 0.717) is 24.9 Å². The monoisotopic (exact) mass is 372 g/mol. The van der Waals surface area contributed by atoms with Gasteiger partial charge in [0.2, 0.25) is 11.8 Å². The van der Waals surface area contributed by atoms with E-state index in [0.717, 1.165) is 17.8 Å². The number of carbonyl (C=O) groups excluding carboxylic acids is 2. The fraction of sp³-hybridized carbons (Fsp3) is 0.636. The third-order valence-corrected chi connectivity index (χ3v) is 6.82. The smallest absolute Gasteiger partial charge is 0.239 e. The van der Waals surface area contributed by atoms with Crippen LogP contribution >= 0.6 is 0 Å². The van der Waals surface area contributed by atoms with Gasteiger partial charge in [0.05, 0.1) is 6.54 Å². The van der Waals surface area contributed by atoms with Gasteiger partial charge in [-0.05, 0) is 79.7 Å². The molecule has 5 rings (SSSR count). The van der Waals surface area contributed by atoms with Crippen molar-refractivity contribution < 1.29 is 14.0 Å². The van der Waals surface area contributed by atoms with Crippen molar-refractivity contribution in [3.63, 3.8) is 0 Å². The molecule has 146 valence electrons. The predicted molar refractivity (Wildman–Crippen MR) is 101 cm³/mol. The summed E-state index contributed by atoms with van der Waals surface area (Å²) in [4.78, 5) is 24.4. The highest BCUT2D eigenvalue weighted by Gasteiger charge is 2.51. The van der Waals surface area contributed by atoms with E-state index in [1.807, 2.05) is 0 Å². The second kappa shape index (κ2) is 7.61. The first kappa shape index (κ1) is 18.5. The lowest BCUT2D eigenvalue weighted by Gasteiger charge is -2.56. The van der Waals surface area contributed by atoms with Crippen LogP contribution < -0.4 is 10.6 Å². The van der Waals surface area contributed by atoms with E-state index in [9.17, 15) is 14.0 Å². The van der Waals surface area contributed by atoms with Gasteiger partial charge in [-0.15, -0.1) is 0 Å². The van der Waals surface area contributed by atoms with Crippen LogP contribution in [-0.2, 0) is 16.0 Å². The Kier molecular flexibility index (Phi) is 5.20. The van der Waals surface area contributed by atoms with E-state index in [2.05, 4.69) is 10.6 Å². The number of halogens is 1. The largest absolute Gasteiger partial charge is 0.354 e. The SMILES string of the molecule is O=C(CNC(=O)CC12CC3CC(CC(C3)C1)C2)NCCc1ccccc1F. The van der Waals surface area contributed by atoms with Gasteiger partial charge in [0.15, 0.2) is 0 Å². The highest BCUT2D eigenvalue weighted by Crippen LogP contribution is 2.61. The van der Waals surface area contributed by atoms with Gasteiger partial charge in [-0.3, -0.25) is 9.59 Å². The number of amides is 2. The van der Waals surface area contributed by atoms with Crippen LogP contribution in [0.3, 0.4) is 0 Å². The van der Waals surface area contributed by atoms with E-state index >= 15 is 0 Å². The molecule has 0 radical (unpaired) electrons. The van der Waals surface area contributed by atoms with E-state index in [4.69, 9.17) is 0 Å². The van der Waals surface area contributed by atoms with Gasteiger partial charge in [-0.1, -0.05) is 18.2 Å². The molecule has 0 unspecified atom stereocenters. The number of benzene rings is 1. The first-order chi connectivity index (χ1) is 13.0. The molecular weight excluding hydrogens is 343 g/mol. The van der Waals surface area contributed by atoms with Gasteiger partial charge in [-0.2, -0.15) is 0 Å². The molecule has 4 fully saturated rings. The molecule has 0 aromatic heterocycles. The van der Waals surface area contributed by atoms with Crippen molar-refractivity contribution in [2.45, 2.75) is 51.4 Å². The molecule has 0 spiro atoms. The van der Waals surface area contributed by atoms with Crippen molar-refractivity contribution in [1.29, 1.82) is 0 Å². The zero-order valence-electron chi connectivity index (χ0n) is 15.8. The van der Waals surface area contributed by atoms with Crippen LogP contribution in [-0.4, -0.2) is 24.9 Å². The molecule has 2 N–H and O–H groups in total. The number of rotatable bonds is 7. The zero-order valence-corrected chi connectivity index (χ0v) is 15.8. The Morgan fingerprint density at radius 3 is 2.22 bits per heavy atom. The van der Waals surface area contributed by atoms with Crippen LogP contribution in [0.15, 0.2) is 24.3 Å². The van der Waals surface area contributed by atoms with Crippen molar-refractivity contribution in [3.8, 4) is 0 Å². The first-order valence-corrected chi connectivity index (χ1v) is 10.3. The van der Waals surface area contributed by atoms with Gasteiger partial charge in [0, 0.05) is 13.0 Å². The van der Waals surface area contributed by atoms with E-state index < -0.39 is 0 Å². The lowest BCUT2D eigenvalue weighted by atomic mass is 9.49. The summed E-state index contributed by atoms with van der Waals surface area (Å²) in [5, 5.41) is 5.55. The summed E-state index contributed by atoms with van der Waals surface area (Å²) >= 11 is 0. The van der Waals surface area contributed by atoms with Crippen LogP contribution in [0.5, 0.6) is 0 Å². The third kappa shape index (κ3) is 4.33. The first-order valence-electron chi connectivity index (χ1n) is 10.3. The maximum absolute atomic E-state index is 13.6. The van der Waals surface area contributed by atoms with Crippen LogP contribution in [0.25, 0.3) is 0 Å². The third-order valence-electron chi connectivity index (χ3n) is 6.82. The molecule has 1 aromatic rings. The summed E-state index contributed by atoms with van der Waals surface area (Å²) in [7, 11) is 0. The summed E-state index contributed by atoms with van der Waals surface area (Å²) in [6, 6.07) is 6.57. The Morgan fingerprint density at radius 2 is 1.59 bits per heavy atom. The second-order valence-electron chi connectivity index (χ2n) is 9.06. The van der Waals surface area contributed by atoms with Crippen LogP contribution in [0, 0.1) is 29.0 Å². The van der Waals surface area contributed by atoms with Crippen molar-refractivity contribution in [1.82, 2.24) is 10.6 Å². The summed E-state index contributed by atoms with van der Waals surface area (Å²) in [6.07, 6.45) is 8.70. The van der Waals surface area contributed by atoms with Gasteiger partial charge in [0.1, 0.15) is 5.82 Å². The Hall–Kier alpha value is -1.91. The molecule has 0 saturated heterocycles. The molecule has 0 heterocycles. The van der Waals surface area contributed by atoms with E-state index in [-0.39, 0.29) is 29.6 Å². The molecule has 1 aromatic carbocycles. The number of hydrogen-bond acceptors (Lipinski definition) is 2. The van der Waals surface area contributed by atoms with Gasteiger partial charge in [0.25, 0.3) is 0 Å². The summed E-state index contributed by atoms with van der Waals surface area (Å²) in [6.45, 7) is 0.368.